The second-order valence-corrected chi connectivity index (χ2v) is 4.56. The molecule has 3 heteroatoms. The molecule has 0 fully saturated rings. The summed E-state index contributed by atoms with van der Waals surface area (Å²) in [5, 5.41) is 3.50. The van der Waals surface area contributed by atoms with Crippen LogP contribution in [0, 0.1) is 6.92 Å². The quantitative estimate of drug-likeness (QED) is 0.770. The summed E-state index contributed by atoms with van der Waals surface area (Å²) in [6.45, 7) is 6.00. The van der Waals surface area contributed by atoms with Crippen LogP contribution >= 0.6 is 0 Å². The zero-order valence-corrected chi connectivity index (χ0v) is 12.0. The molecule has 1 aromatic carbocycles. The first-order valence-corrected chi connectivity index (χ1v) is 6.57. The molecular formula is C15H25NO2. The normalized spacial score (nSPS) is 12.4. The van der Waals surface area contributed by atoms with Crippen LogP contribution < -0.4 is 10.1 Å². The van der Waals surface area contributed by atoms with Gasteiger partial charge in [0, 0.05) is 19.8 Å². The minimum Gasteiger partial charge on any atom is -0.496 e. The Kier molecular flexibility index (Phi) is 6.76. The molecule has 1 unspecified atom stereocenters. The highest BCUT2D eigenvalue weighted by molar-refractivity contribution is 5.37. The van der Waals surface area contributed by atoms with E-state index in [1.165, 1.54) is 11.1 Å². The maximum Gasteiger partial charge on any atom is 0.122 e. The van der Waals surface area contributed by atoms with Gasteiger partial charge >= 0.3 is 0 Å². The van der Waals surface area contributed by atoms with Crippen molar-refractivity contribution in [2.24, 2.45) is 0 Å². The smallest absolute Gasteiger partial charge is 0.122 e. The van der Waals surface area contributed by atoms with Gasteiger partial charge in [0.05, 0.1) is 7.11 Å². The summed E-state index contributed by atoms with van der Waals surface area (Å²) in [7, 11) is 3.47. The molecule has 102 valence electrons. The van der Waals surface area contributed by atoms with Crippen molar-refractivity contribution in [1.82, 2.24) is 5.32 Å². The lowest BCUT2D eigenvalue weighted by Crippen LogP contribution is -2.32. The second-order valence-electron chi connectivity index (χ2n) is 4.56. The van der Waals surface area contributed by atoms with E-state index in [1.807, 2.05) is 6.07 Å². The minimum absolute atomic E-state index is 0.436. The number of methoxy groups -OCH3 is 2. The lowest BCUT2D eigenvalue weighted by Gasteiger charge is -2.19. The van der Waals surface area contributed by atoms with Crippen molar-refractivity contribution in [1.29, 1.82) is 0 Å². The highest BCUT2D eigenvalue weighted by Crippen LogP contribution is 2.21. The summed E-state index contributed by atoms with van der Waals surface area (Å²) < 4.78 is 10.6. The third-order valence-electron chi connectivity index (χ3n) is 3.07. The lowest BCUT2D eigenvalue weighted by atomic mass is 10.0. The summed E-state index contributed by atoms with van der Waals surface area (Å²) in [6.07, 6.45) is 1.99. The van der Waals surface area contributed by atoms with Crippen molar-refractivity contribution in [2.75, 3.05) is 27.4 Å². The predicted octanol–water partition coefficient (Wildman–Crippen LogP) is 2.56. The molecule has 0 bridgehead atoms. The Balaban J connectivity index is 2.74. The molecule has 3 nitrogen and oxygen atoms in total. The van der Waals surface area contributed by atoms with Crippen molar-refractivity contribution in [3.05, 3.63) is 29.3 Å². The van der Waals surface area contributed by atoms with Crippen LogP contribution in [0.4, 0.5) is 0 Å². The fourth-order valence-corrected chi connectivity index (χ4v) is 2.16. The zero-order chi connectivity index (χ0) is 13.4. The van der Waals surface area contributed by atoms with Crippen LogP contribution in [0.1, 0.15) is 24.5 Å². The van der Waals surface area contributed by atoms with Gasteiger partial charge in [0.15, 0.2) is 0 Å². The van der Waals surface area contributed by atoms with E-state index in [4.69, 9.17) is 9.47 Å². The monoisotopic (exact) mass is 251 g/mol. The molecule has 0 aliphatic rings. The third kappa shape index (κ3) is 4.67. The fourth-order valence-electron chi connectivity index (χ4n) is 2.16. The number of hydrogen-bond donors (Lipinski definition) is 1. The van der Waals surface area contributed by atoms with Gasteiger partial charge in [-0.1, -0.05) is 24.6 Å². The number of nitrogens with one attached hydrogen (secondary N) is 1. The molecule has 0 radical (unpaired) electrons. The molecule has 0 saturated heterocycles. The van der Waals surface area contributed by atoms with Crippen LogP contribution in [-0.2, 0) is 11.2 Å². The number of rotatable bonds is 8. The summed E-state index contributed by atoms with van der Waals surface area (Å²) in [6, 6.07) is 6.77. The molecule has 1 atom stereocenters. The number of benzene rings is 1. The molecule has 1 rings (SSSR count). The first-order valence-electron chi connectivity index (χ1n) is 6.57. The van der Waals surface area contributed by atoms with E-state index in [0.29, 0.717) is 6.04 Å². The van der Waals surface area contributed by atoms with E-state index >= 15 is 0 Å². The highest BCUT2D eigenvalue weighted by atomic mass is 16.5. The molecule has 0 aromatic heterocycles. The molecular weight excluding hydrogens is 226 g/mol. The molecule has 0 heterocycles. The second kappa shape index (κ2) is 8.11. The van der Waals surface area contributed by atoms with Crippen molar-refractivity contribution >= 4 is 0 Å². The van der Waals surface area contributed by atoms with E-state index in [0.717, 1.165) is 31.7 Å². The SMILES string of the molecule is CCNC(CCOC)Cc1cc(C)ccc1OC. The summed E-state index contributed by atoms with van der Waals surface area (Å²) >= 11 is 0. The van der Waals surface area contributed by atoms with Crippen LogP contribution in [0.3, 0.4) is 0 Å². The number of aryl methyl sites for hydroxylation is 1. The molecule has 0 spiro atoms. The lowest BCUT2D eigenvalue weighted by molar-refractivity contribution is 0.182. The minimum atomic E-state index is 0.436. The molecule has 1 aromatic rings. The molecule has 18 heavy (non-hydrogen) atoms. The third-order valence-corrected chi connectivity index (χ3v) is 3.07. The summed E-state index contributed by atoms with van der Waals surface area (Å²) in [4.78, 5) is 0. The van der Waals surface area contributed by atoms with Gasteiger partial charge in [-0.15, -0.1) is 0 Å². The summed E-state index contributed by atoms with van der Waals surface area (Å²) in [5.41, 5.74) is 2.53. The van der Waals surface area contributed by atoms with Crippen LogP contribution in [0.15, 0.2) is 18.2 Å². The van der Waals surface area contributed by atoms with Gasteiger partial charge in [0.25, 0.3) is 0 Å². The number of hydrogen-bond acceptors (Lipinski definition) is 3. The molecule has 0 amide bonds. The van der Waals surface area contributed by atoms with Gasteiger partial charge in [0.1, 0.15) is 5.75 Å². The van der Waals surface area contributed by atoms with Gasteiger partial charge in [-0.3, -0.25) is 0 Å². The Labute approximate surface area is 110 Å². The zero-order valence-electron chi connectivity index (χ0n) is 12.0. The maximum absolute atomic E-state index is 5.42. The Bertz CT molecular complexity index is 352. The first-order chi connectivity index (χ1) is 8.71. The van der Waals surface area contributed by atoms with E-state index in [1.54, 1.807) is 14.2 Å². The van der Waals surface area contributed by atoms with Crippen LogP contribution in [-0.4, -0.2) is 33.4 Å². The van der Waals surface area contributed by atoms with Gasteiger partial charge < -0.3 is 14.8 Å². The Hall–Kier alpha value is -1.06. The van der Waals surface area contributed by atoms with Crippen LogP contribution in [0.5, 0.6) is 5.75 Å². The van der Waals surface area contributed by atoms with Crippen LogP contribution in [0.25, 0.3) is 0 Å². The highest BCUT2D eigenvalue weighted by Gasteiger charge is 2.11. The Morgan fingerprint density at radius 2 is 2.06 bits per heavy atom. The van der Waals surface area contributed by atoms with Crippen molar-refractivity contribution < 1.29 is 9.47 Å². The topological polar surface area (TPSA) is 30.5 Å². The number of ether oxygens (including phenoxy) is 2. The van der Waals surface area contributed by atoms with Crippen molar-refractivity contribution in [2.45, 2.75) is 32.7 Å². The van der Waals surface area contributed by atoms with Crippen molar-refractivity contribution in [3.8, 4) is 5.75 Å². The molecule has 1 N–H and O–H groups in total. The standard InChI is InChI=1S/C15H25NO2/c1-5-16-14(8-9-17-3)11-13-10-12(2)6-7-15(13)18-4/h6-7,10,14,16H,5,8-9,11H2,1-4H3. The summed E-state index contributed by atoms with van der Waals surface area (Å²) in [5.74, 6) is 0.973. The van der Waals surface area contributed by atoms with Crippen molar-refractivity contribution in [3.63, 3.8) is 0 Å². The van der Waals surface area contributed by atoms with E-state index < -0.39 is 0 Å². The molecule has 0 saturated carbocycles. The van der Waals surface area contributed by atoms with Gasteiger partial charge in [-0.25, -0.2) is 0 Å². The van der Waals surface area contributed by atoms with E-state index in [-0.39, 0.29) is 0 Å². The average Bonchev–Trinajstić information content (AvgIpc) is 2.36. The Morgan fingerprint density at radius 3 is 2.67 bits per heavy atom. The Morgan fingerprint density at radius 1 is 1.28 bits per heavy atom. The maximum atomic E-state index is 5.42. The van der Waals surface area contributed by atoms with Crippen LogP contribution in [0.2, 0.25) is 0 Å². The number of likely N-dealkylation sites (N-methyl/N-ethyl adjacent to an activating group) is 1. The molecule has 0 aliphatic carbocycles. The van der Waals surface area contributed by atoms with E-state index in [9.17, 15) is 0 Å². The first kappa shape index (κ1) is 15.0. The van der Waals surface area contributed by atoms with Gasteiger partial charge in [-0.2, -0.15) is 0 Å². The van der Waals surface area contributed by atoms with E-state index in [2.05, 4.69) is 31.3 Å². The predicted molar refractivity (Wildman–Crippen MR) is 75.4 cm³/mol. The fraction of sp³-hybridized carbons (Fsp3) is 0.600. The molecule has 0 aliphatic heterocycles. The van der Waals surface area contributed by atoms with Gasteiger partial charge in [-0.05, 0) is 37.9 Å². The van der Waals surface area contributed by atoms with Gasteiger partial charge in [0.2, 0.25) is 0 Å². The largest absolute Gasteiger partial charge is 0.496 e. The average molecular weight is 251 g/mol.